The van der Waals surface area contributed by atoms with Gasteiger partial charge in [-0.15, -0.1) is 6.42 Å². The van der Waals surface area contributed by atoms with Crippen molar-refractivity contribution in [3.63, 3.8) is 0 Å². The lowest BCUT2D eigenvalue weighted by Gasteiger charge is -2.16. The minimum atomic E-state index is 0.119. The van der Waals surface area contributed by atoms with Gasteiger partial charge in [0.1, 0.15) is 11.9 Å². The van der Waals surface area contributed by atoms with Gasteiger partial charge in [0.25, 0.3) is 0 Å². The van der Waals surface area contributed by atoms with Crippen LogP contribution < -0.4 is 10.1 Å². The zero-order valence-electron chi connectivity index (χ0n) is 10.2. The van der Waals surface area contributed by atoms with E-state index in [9.17, 15) is 0 Å². The van der Waals surface area contributed by atoms with Gasteiger partial charge in [0.15, 0.2) is 0 Å². The molecule has 1 N–H and O–H groups in total. The number of hydrogen-bond donors (Lipinski definition) is 1. The number of nitrogens with one attached hydrogen (secondary N) is 1. The van der Waals surface area contributed by atoms with E-state index in [1.54, 1.807) is 0 Å². The molecule has 0 aliphatic heterocycles. The predicted octanol–water partition coefficient (Wildman–Crippen LogP) is 2.29. The van der Waals surface area contributed by atoms with E-state index >= 15 is 0 Å². The Morgan fingerprint density at radius 1 is 1.44 bits per heavy atom. The first-order valence-corrected chi connectivity index (χ1v) is 5.51. The molecule has 0 bridgehead atoms. The number of aryl methyl sites for hydroxylation is 2. The van der Waals surface area contributed by atoms with E-state index in [0.29, 0.717) is 6.54 Å². The minimum Gasteiger partial charge on any atom is -0.489 e. The maximum atomic E-state index is 5.84. The van der Waals surface area contributed by atoms with Gasteiger partial charge >= 0.3 is 0 Å². The van der Waals surface area contributed by atoms with Crippen LogP contribution in [0.3, 0.4) is 0 Å². The monoisotopic (exact) mass is 217 g/mol. The predicted molar refractivity (Wildman–Crippen MR) is 67.7 cm³/mol. The fourth-order valence-corrected chi connectivity index (χ4v) is 1.44. The fourth-order valence-electron chi connectivity index (χ4n) is 1.44. The van der Waals surface area contributed by atoms with E-state index < -0.39 is 0 Å². The molecule has 86 valence electrons. The molecule has 2 nitrogen and oxygen atoms in total. The summed E-state index contributed by atoms with van der Waals surface area (Å²) >= 11 is 0. The summed E-state index contributed by atoms with van der Waals surface area (Å²) in [5.74, 6) is 3.49. The molecule has 0 radical (unpaired) electrons. The first kappa shape index (κ1) is 12.6. The first-order chi connectivity index (χ1) is 7.63. The summed E-state index contributed by atoms with van der Waals surface area (Å²) in [6.07, 6.45) is 5.28. The standard InChI is InChI=1S/C14H19NO/c1-5-8-15-10-13(4)16-14-9-11(2)6-7-12(14)3/h1,6-7,9,13,15H,8,10H2,2-4H3. The smallest absolute Gasteiger partial charge is 0.122 e. The second kappa shape index (κ2) is 6.19. The van der Waals surface area contributed by atoms with Crippen LogP contribution in [0.5, 0.6) is 5.75 Å². The summed E-state index contributed by atoms with van der Waals surface area (Å²) < 4.78 is 5.84. The molecule has 1 aromatic carbocycles. The fraction of sp³-hybridized carbons (Fsp3) is 0.429. The molecule has 1 unspecified atom stereocenters. The SMILES string of the molecule is C#CCNCC(C)Oc1cc(C)ccc1C. The highest BCUT2D eigenvalue weighted by Crippen LogP contribution is 2.20. The number of rotatable bonds is 5. The zero-order chi connectivity index (χ0) is 12.0. The Hall–Kier alpha value is -1.46. The normalized spacial score (nSPS) is 11.9. The third kappa shape index (κ3) is 3.96. The summed E-state index contributed by atoms with van der Waals surface area (Å²) in [6, 6.07) is 6.22. The summed E-state index contributed by atoms with van der Waals surface area (Å²) in [5.41, 5.74) is 2.37. The van der Waals surface area contributed by atoms with Gasteiger partial charge in [-0.3, -0.25) is 0 Å². The second-order valence-corrected chi connectivity index (χ2v) is 4.03. The van der Waals surface area contributed by atoms with Gasteiger partial charge < -0.3 is 10.1 Å². The highest BCUT2D eigenvalue weighted by atomic mass is 16.5. The zero-order valence-corrected chi connectivity index (χ0v) is 10.2. The minimum absolute atomic E-state index is 0.119. The van der Waals surface area contributed by atoms with Crippen molar-refractivity contribution in [3.05, 3.63) is 29.3 Å². The lowest BCUT2D eigenvalue weighted by Crippen LogP contribution is -2.29. The van der Waals surface area contributed by atoms with Crippen molar-refractivity contribution < 1.29 is 4.74 Å². The number of hydrogen-bond acceptors (Lipinski definition) is 2. The summed E-state index contributed by atoms with van der Waals surface area (Å²) in [7, 11) is 0. The molecule has 0 saturated heterocycles. The van der Waals surface area contributed by atoms with E-state index in [1.165, 1.54) is 5.56 Å². The molecule has 1 aromatic rings. The van der Waals surface area contributed by atoms with Crippen molar-refractivity contribution in [1.82, 2.24) is 5.32 Å². The van der Waals surface area contributed by atoms with E-state index in [2.05, 4.69) is 43.3 Å². The van der Waals surface area contributed by atoms with Crippen molar-refractivity contribution in [2.75, 3.05) is 13.1 Å². The Morgan fingerprint density at radius 3 is 2.88 bits per heavy atom. The summed E-state index contributed by atoms with van der Waals surface area (Å²) in [6.45, 7) is 7.49. The van der Waals surface area contributed by atoms with Gasteiger partial charge in [-0.05, 0) is 38.0 Å². The van der Waals surface area contributed by atoms with Crippen LogP contribution in [0, 0.1) is 26.2 Å². The molecule has 0 heterocycles. The Bertz CT molecular complexity index is 379. The molecule has 0 aliphatic rings. The number of benzene rings is 1. The molecular weight excluding hydrogens is 198 g/mol. The molecule has 2 heteroatoms. The van der Waals surface area contributed by atoms with E-state index in [4.69, 9.17) is 11.2 Å². The number of terminal acetylenes is 1. The third-order valence-electron chi connectivity index (χ3n) is 2.33. The van der Waals surface area contributed by atoms with E-state index in [-0.39, 0.29) is 6.10 Å². The first-order valence-electron chi connectivity index (χ1n) is 5.51. The maximum Gasteiger partial charge on any atom is 0.122 e. The van der Waals surface area contributed by atoms with Crippen LogP contribution in [-0.4, -0.2) is 19.2 Å². The maximum absolute atomic E-state index is 5.84. The molecule has 0 spiro atoms. The molecule has 0 aromatic heterocycles. The van der Waals surface area contributed by atoms with Crippen LogP contribution in [0.4, 0.5) is 0 Å². The summed E-state index contributed by atoms with van der Waals surface area (Å²) in [4.78, 5) is 0. The Balaban J connectivity index is 2.52. The second-order valence-electron chi connectivity index (χ2n) is 4.03. The van der Waals surface area contributed by atoms with Crippen molar-refractivity contribution in [1.29, 1.82) is 0 Å². The highest BCUT2D eigenvalue weighted by Gasteiger charge is 2.05. The molecule has 16 heavy (non-hydrogen) atoms. The Labute approximate surface area is 98.0 Å². The van der Waals surface area contributed by atoms with Crippen LogP contribution in [0.25, 0.3) is 0 Å². The van der Waals surface area contributed by atoms with E-state index in [1.807, 2.05) is 6.92 Å². The van der Waals surface area contributed by atoms with Crippen LogP contribution in [0.1, 0.15) is 18.1 Å². The molecule has 0 amide bonds. The lowest BCUT2D eigenvalue weighted by atomic mass is 10.1. The van der Waals surface area contributed by atoms with Crippen molar-refractivity contribution in [2.24, 2.45) is 0 Å². The molecule has 0 fully saturated rings. The van der Waals surface area contributed by atoms with Gasteiger partial charge in [0.2, 0.25) is 0 Å². The largest absolute Gasteiger partial charge is 0.489 e. The van der Waals surface area contributed by atoms with Crippen LogP contribution in [0.2, 0.25) is 0 Å². The average Bonchev–Trinajstić information content (AvgIpc) is 2.24. The molecular formula is C14H19NO. The van der Waals surface area contributed by atoms with Gasteiger partial charge in [0.05, 0.1) is 6.54 Å². The molecule has 1 atom stereocenters. The van der Waals surface area contributed by atoms with Crippen LogP contribution in [-0.2, 0) is 0 Å². The lowest BCUT2D eigenvalue weighted by molar-refractivity contribution is 0.217. The highest BCUT2D eigenvalue weighted by molar-refractivity contribution is 5.36. The van der Waals surface area contributed by atoms with E-state index in [0.717, 1.165) is 17.9 Å². The summed E-state index contributed by atoms with van der Waals surface area (Å²) in [5, 5.41) is 3.13. The van der Waals surface area contributed by atoms with Gasteiger partial charge in [-0.1, -0.05) is 18.1 Å². The average molecular weight is 217 g/mol. The quantitative estimate of drug-likeness (QED) is 0.603. The molecule has 0 aliphatic carbocycles. The third-order valence-corrected chi connectivity index (χ3v) is 2.33. The van der Waals surface area contributed by atoms with Gasteiger partial charge in [-0.2, -0.15) is 0 Å². The van der Waals surface area contributed by atoms with Crippen molar-refractivity contribution >= 4 is 0 Å². The Kier molecular flexibility index (Phi) is 4.88. The molecule has 1 rings (SSSR count). The topological polar surface area (TPSA) is 21.3 Å². The van der Waals surface area contributed by atoms with Gasteiger partial charge in [0, 0.05) is 6.54 Å². The van der Waals surface area contributed by atoms with Crippen molar-refractivity contribution in [2.45, 2.75) is 26.9 Å². The molecule has 0 saturated carbocycles. The van der Waals surface area contributed by atoms with Gasteiger partial charge in [-0.25, -0.2) is 0 Å². The number of ether oxygens (including phenoxy) is 1. The van der Waals surface area contributed by atoms with Crippen LogP contribution in [0.15, 0.2) is 18.2 Å². The van der Waals surface area contributed by atoms with Crippen LogP contribution >= 0.6 is 0 Å². The Morgan fingerprint density at radius 2 is 2.19 bits per heavy atom. The van der Waals surface area contributed by atoms with Crippen molar-refractivity contribution in [3.8, 4) is 18.1 Å².